The minimum absolute atomic E-state index is 0.119. The number of nitrogens with one attached hydrogen (secondary N) is 1. The first kappa shape index (κ1) is 17.1. The average Bonchev–Trinajstić information content (AvgIpc) is 3.05. The third-order valence-electron chi connectivity index (χ3n) is 4.11. The van der Waals surface area contributed by atoms with Crippen LogP contribution in [0.15, 0.2) is 58.0 Å². The lowest BCUT2D eigenvalue weighted by Gasteiger charge is -2.09. The molecule has 0 radical (unpaired) electrons. The van der Waals surface area contributed by atoms with Crippen LogP contribution in [-0.4, -0.2) is 22.6 Å². The number of amides is 1. The maximum absolute atomic E-state index is 12.6. The second-order valence-corrected chi connectivity index (χ2v) is 6.25. The van der Waals surface area contributed by atoms with Crippen LogP contribution in [-0.2, 0) is 11.3 Å². The first-order valence-corrected chi connectivity index (χ1v) is 8.44. The summed E-state index contributed by atoms with van der Waals surface area (Å²) in [5, 5.41) is 3.76. The molecule has 0 atom stereocenters. The van der Waals surface area contributed by atoms with Crippen LogP contribution in [0.4, 0.5) is 5.69 Å². The molecule has 2 heterocycles. The fraction of sp³-hybridized carbons (Fsp3) is 0.105. The molecule has 2 aromatic carbocycles. The van der Waals surface area contributed by atoms with Gasteiger partial charge < -0.3 is 14.5 Å². The van der Waals surface area contributed by atoms with Gasteiger partial charge in [0, 0.05) is 11.5 Å². The van der Waals surface area contributed by atoms with Crippen LogP contribution in [0.3, 0.4) is 0 Å². The zero-order valence-electron chi connectivity index (χ0n) is 14.2. The van der Waals surface area contributed by atoms with E-state index in [2.05, 4.69) is 10.3 Å². The molecule has 0 aliphatic carbocycles. The van der Waals surface area contributed by atoms with Crippen molar-refractivity contribution in [3.8, 4) is 5.75 Å². The van der Waals surface area contributed by atoms with Crippen molar-refractivity contribution in [1.29, 1.82) is 0 Å². The monoisotopic (exact) mass is 383 g/mol. The van der Waals surface area contributed by atoms with Crippen molar-refractivity contribution in [3.05, 3.63) is 64.2 Å². The molecule has 0 saturated carbocycles. The van der Waals surface area contributed by atoms with Crippen LogP contribution in [0.5, 0.6) is 5.75 Å². The van der Waals surface area contributed by atoms with Gasteiger partial charge in [0.05, 0.1) is 24.1 Å². The van der Waals surface area contributed by atoms with Crippen LogP contribution >= 0.6 is 11.6 Å². The molecule has 1 amide bonds. The molecule has 0 fully saturated rings. The number of carbonyl (C=O) groups excluding carboxylic acids is 1. The summed E-state index contributed by atoms with van der Waals surface area (Å²) in [4.78, 5) is 29.3. The Morgan fingerprint density at radius 3 is 2.89 bits per heavy atom. The molecule has 4 rings (SSSR count). The van der Waals surface area contributed by atoms with E-state index in [0.717, 1.165) is 5.39 Å². The van der Waals surface area contributed by atoms with Gasteiger partial charge in [-0.1, -0.05) is 23.7 Å². The number of para-hydroxylation sites is 1. The lowest BCUT2D eigenvalue weighted by molar-refractivity contribution is -0.116. The molecular formula is C19H14ClN3O4. The number of hydrogen-bond donors (Lipinski definition) is 1. The molecular weight excluding hydrogens is 370 g/mol. The normalized spacial score (nSPS) is 11.0. The van der Waals surface area contributed by atoms with Crippen LogP contribution < -0.4 is 15.6 Å². The van der Waals surface area contributed by atoms with E-state index in [4.69, 9.17) is 20.8 Å². The zero-order valence-corrected chi connectivity index (χ0v) is 15.0. The average molecular weight is 384 g/mol. The molecule has 0 spiro atoms. The summed E-state index contributed by atoms with van der Waals surface area (Å²) in [7, 11) is 1.53. The molecule has 4 aromatic rings. The number of anilines is 1. The predicted molar refractivity (Wildman–Crippen MR) is 102 cm³/mol. The summed E-state index contributed by atoms with van der Waals surface area (Å²) in [5.74, 6) is 0.162. The molecule has 0 saturated heterocycles. The number of aromatic nitrogens is 2. The highest BCUT2D eigenvalue weighted by Crippen LogP contribution is 2.27. The van der Waals surface area contributed by atoms with Crippen LogP contribution in [0.25, 0.3) is 22.1 Å². The van der Waals surface area contributed by atoms with Gasteiger partial charge in [-0.05, 0) is 24.3 Å². The molecule has 0 aliphatic rings. The first-order valence-electron chi connectivity index (χ1n) is 8.07. The van der Waals surface area contributed by atoms with E-state index < -0.39 is 11.5 Å². The Morgan fingerprint density at radius 1 is 1.30 bits per heavy atom. The lowest BCUT2D eigenvalue weighted by Crippen LogP contribution is -2.27. The summed E-state index contributed by atoms with van der Waals surface area (Å²) in [6, 6.07) is 12.1. The molecule has 27 heavy (non-hydrogen) atoms. The highest BCUT2D eigenvalue weighted by atomic mass is 35.5. The van der Waals surface area contributed by atoms with Gasteiger partial charge in [-0.25, -0.2) is 4.98 Å². The summed E-state index contributed by atoms with van der Waals surface area (Å²) in [6.45, 7) is -0.221. The minimum atomic E-state index is -0.424. The Morgan fingerprint density at radius 2 is 2.11 bits per heavy atom. The van der Waals surface area contributed by atoms with E-state index >= 15 is 0 Å². The molecule has 2 aromatic heterocycles. The van der Waals surface area contributed by atoms with Crippen molar-refractivity contribution < 1.29 is 13.9 Å². The van der Waals surface area contributed by atoms with Crippen LogP contribution in [0, 0.1) is 0 Å². The second-order valence-electron chi connectivity index (χ2n) is 5.85. The zero-order chi connectivity index (χ0) is 19.0. The molecule has 7 nitrogen and oxygen atoms in total. The number of fused-ring (bicyclic) bond motifs is 3. The molecule has 136 valence electrons. The maximum Gasteiger partial charge on any atom is 0.297 e. The smallest absolute Gasteiger partial charge is 0.297 e. The number of methoxy groups -OCH3 is 1. The standard InChI is InChI=1S/C19H14ClN3O4/c1-26-11-6-7-14(13(20)8-11)22-16(24)9-23-10-21-17-12-4-2-3-5-15(12)27-18(17)19(23)25/h2-8,10H,9H2,1H3,(H,22,24). The van der Waals surface area contributed by atoms with Crippen molar-refractivity contribution in [1.82, 2.24) is 9.55 Å². The molecule has 1 N–H and O–H groups in total. The van der Waals surface area contributed by atoms with Gasteiger partial charge in [0.2, 0.25) is 11.5 Å². The molecule has 0 bridgehead atoms. The van der Waals surface area contributed by atoms with Gasteiger partial charge in [-0.15, -0.1) is 0 Å². The van der Waals surface area contributed by atoms with E-state index in [1.165, 1.54) is 18.0 Å². The maximum atomic E-state index is 12.6. The van der Waals surface area contributed by atoms with Gasteiger partial charge in [0.1, 0.15) is 23.4 Å². The second kappa shape index (κ2) is 6.77. The predicted octanol–water partition coefficient (Wildman–Crippen LogP) is 3.44. The van der Waals surface area contributed by atoms with E-state index in [0.29, 0.717) is 27.6 Å². The Balaban J connectivity index is 1.61. The number of hydrogen-bond acceptors (Lipinski definition) is 5. The van der Waals surface area contributed by atoms with Crippen LogP contribution in [0.2, 0.25) is 5.02 Å². The van der Waals surface area contributed by atoms with Gasteiger partial charge in [-0.2, -0.15) is 0 Å². The number of carbonyl (C=O) groups is 1. The number of rotatable bonds is 4. The SMILES string of the molecule is COc1ccc(NC(=O)Cn2cnc3c(oc4ccccc43)c2=O)c(Cl)c1. The number of nitrogens with zero attached hydrogens (tertiary/aromatic N) is 2. The third-order valence-corrected chi connectivity index (χ3v) is 4.43. The van der Waals surface area contributed by atoms with Crippen molar-refractivity contribution in [2.24, 2.45) is 0 Å². The van der Waals surface area contributed by atoms with Crippen molar-refractivity contribution in [2.75, 3.05) is 12.4 Å². The summed E-state index contributed by atoms with van der Waals surface area (Å²) >= 11 is 6.12. The van der Waals surface area contributed by atoms with Gasteiger partial charge in [0.25, 0.3) is 5.56 Å². The summed E-state index contributed by atoms with van der Waals surface area (Å²) in [5.41, 5.74) is 1.17. The largest absolute Gasteiger partial charge is 0.497 e. The Bertz CT molecular complexity index is 1230. The highest BCUT2D eigenvalue weighted by Gasteiger charge is 2.15. The van der Waals surface area contributed by atoms with Crippen LogP contribution in [0.1, 0.15) is 0 Å². The first-order chi connectivity index (χ1) is 13.1. The molecule has 0 unspecified atom stereocenters. The van der Waals surface area contributed by atoms with Crippen molar-refractivity contribution >= 4 is 45.3 Å². The van der Waals surface area contributed by atoms with Crippen molar-refractivity contribution in [2.45, 2.75) is 6.54 Å². The number of furan rings is 1. The topological polar surface area (TPSA) is 86.4 Å². The molecule has 0 aliphatic heterocycles. The highest BCUT2D eigenvalue weighted by molar-refractivity contribution is 6.33. The fourth-order valence-corrected chi connectivity index (χ4v) is 3.01. The fourth-order valence-electron chi connectivity index (χ4n) is 2.80. The quantitative estimate of drug-likeness (QED) is 0.583. The number of halogens is 1. The van der Waals surface area contributed by atoms with Gasteiger partial charge in [0.15, 0.2) is 0 Å². The Labute approximate surface area is 158 Å². The van der Waals surface area contributed by atoms with Gasteiger partial charge >= 0.3 is 0 Å². The Kier molecular flexibility index (Phi) is 4.29. The van der Waals surface area contributed by atoms with E-state index in [1.54, 1.807) is 24.3 Å². The van der Waals surface area contributed by atoms with E-state index in [-0.39, 0.29) is 12.1 Å². The summed E-state index contributed by atoms with van der Waals surface area (Å²) < 4.78 is 11.9. The molecule has 8 heteroatoms. The number of ether oxygens (including phenoxy) is 1. The third kappa shape index (κ3) is 3.13. The van der Waals surface area contributed by atoms with Crippen molar-refractivity contribution in [3.63, 3.8) is 0 Å². The minimum Gasteiger partial charge on any atom is -0.497 e. The lowest BCUT2D eigenvalue weighted by atomic mass is 10.2. The number of benzene rings is 2. The summed E-state index contributed by atoms with van der Waals surface area (Å²) in [6.07, 6.45) is 1.34. The van der Waals surface area contributed by atoms with E-state index in [1.807, 2.05) is 18.2 Å². The van der Waals surface area contributed by atoms with E-state index in [9.17, 15) is 9.59 Å². The Hall–Kier alpha value is -3.32. The van der Waals surface area contributed by atoms with Gasteiger partial charge in [-0.3, -0.25) is 14.2 Å².